The first-order valence-corrected chi connectivity index (χ1v) is 14.5. The molecule has 12 heteroatoms. The highest BCUT2D eigenvalue weighted by Gasteiger charge is 2.28. The number of nitrogens with zero attached hydrogens (tertiary/aromatic N) is 6. The summed E-state index contributed by atoms with van der Waals surface area (Å²) in [5.74, 6) is 0.586. The maximum atomic E-state index is 15.2. The van der Waals surface area contributed by atoms with Crippen molar-refractivity contribution in [3.05, 3.63) is 60.7 Å². The molecule has 6 rings (SSSR count). The molecular weight excluding hydrogens is 521 g/mol. The molecule has 2 aliphatic rings. The van der Waals surface area contributed by atoms with E-state index in [2.05, 4.69) is 22.2 Å². The molecule has 4 heterocycles. The zero-order valence-electron chi connectivity index (χ0n) is 21.8. The number of nitrogens with one attached hydrogen (secondary N) is 1. The number of hydrogen-bond acceptors (Lipinski definition) is 8. The summed E-state index contributed by atoms with van der Waals surface area (Å²) >= 11 is 0. The molecule has 2 saturated heterocycles. The van der Waals surface area contributed by atoms with Crippen LogP contribution in [0.4, 0.5) is 27.4 Å². The number of fused-ring (bicyclic) bond motifs is 1. The fraction of sp³-hybridized carbons (Fsp3) is 0.333. The van der Waals surface area contributed by atoms with Gasteiger partial charge in [0.25, 0.3) is 0 Å². The first kappa shape index (κ1) is 25.4. The Morgan fingerprint density at radius 2 is 1.82 bits per heavy atom. The normalized spacial score (nSPS) is 17.6. The fourth-order valence-electron chi connectivity index (χ4n) is 5.13. The molecule has 0 spiro atoms. The molecule has 10 nitrogen and oxygen atoms in total. The van der Waals surface area contributed by atoms with E-state index in [1.807, 2.05) is 39.9 Å². The van der Waals surface area contributed by atoms with Crippen LogP contribution in [0.15, 0.2) is 54.9 Å². The molecule has 0 atom stereocenters. The Labute approximate surface area is 226 Å². The fourth-order valence-corrected chi connectivity index (χ4v) is 6.69. The maximum absolute atomic E-state index is 15.2. The SMILES string of the molecule is COc1cc(N2CCN(C)CC2)c(F)cc1Nc1ncc2ccn(-c3cccc(N4CCCS4(=O)=O)c3)c2n1. The first-order valence-electron chi connectivity index (χ1n) is 12.9. The number of benzene rings is 2. The van der Waals surface area contributed by atoms with Gasteiger partial charge in [0.05, 0.1) is 29.9 Å². The number of rotatable bonds is 6. The molecule has 4 aromatic rings. The summed E-state index contributed by atoms with van der Waals surface area (Å²) in [6.07, 6.45) is 4.17. The van der Waals surface area contributed by atoms with Crippen molar-refractivity contribution < 1.29 is 17.5 Å². The molecule has 0 aliphatic carbocycles. The predicted octanol–water partition coefficient (Wildman–Crippen LogP) is 3.60. The van der Waals surface area contributed by atoms with Crippen LogP contribution in [0.25, 0.3) is 16.7 Å². The van der Waals surface area contributed by atoms with Crippen molar-refractivity contribution in [2.24, 2.45) is 0 Å². The van der Waals surface area contributed by atoms with Crippen molar-refractivity contribution in [1.82, 2.24) is 19.4 Å². The number of anilines is 4. The molecular formula is C27H30FN7O3S. The van der Waals surface area contributed by atoms with Crippen LogP contribution >= 0.6 is 0 Å². The molecule has 1 N–H and O–H groups in total. The lowest BCUT2D eigenvalue weighted by Crippen LogP contribution is -2.44. The van der Waals surface area contributed by atoms with E-state index in [1.165, 1.54) is 10.4 Å². The third kappa shape index (κ3) is 4.85. The van der Waals surface area contributed by atoms with Gasteiger partial charge in [-0.05, 0) is 37.7 Å². The zero-order valence-corrected chi connectivity index (χ0v) is 22.7. The van der Waals surface area contributed by atoms with Crippen molar-refractivity contribution in [3.63, 3.8) is 0 Å². The standard InChI is InChI=1S/C27H30FN7O3S/c1-32-10-12-33(13-11-32)24-17-25(38-2)23(16-22(24)28)30-27-29-18-19-7-9-34(26(19)31-27)20-5-3-6-21(15-20)35-8-4-14-39(35,36)37/h3,5-7,9,15-18H,4,8,10-14H2,1-2H3,(H,29,30,31). The summed E-state index contributed by atoms with van der Waals surface area (Å²) in [6, 6.07) is 12.4. The Morgan fingerprint density at radius 1 is 1.03 bits per heavy atom. The first-order chi connectivity index (χ1) is 18.8. The second-order valence-electron chi connectivity index (χ2n) is 9.84. The van der Waals surface area contributed by atoms with Crippen molar-refractivity contribution in [2.75, 3.05) is 67.2 Å². The molecule has 0 bridgehead atoms. The number of methoxy groups -OCH3 is 1. The third-order valence-electron chi connectivity index (χ3n) is 7.28. The van der Waals surface area contributed by atoms with Gasteiger partial charge in [-0.25, -0.2) is 17.8 Å². The van der Waals surface area contributed by atoms with Crippen LogP contribution in [-0.4, -0.2) is 80.5 Å². The highest BCUT2D eigenvalue weighted by Crippen LogP contribution is 2.35. The van der Waals surface area contributed by atoms with Gasteiger partial charge in [-0.15, -0.1) is 0 Å². The Balaban J connectivity index is 1.31. The summed E-state index contributed by atoms with van der Waals surface area (Å²) in [5, 5.41) is 3.92. The van der Waals surface area contributed by atoms with Crippen LogP contribution in [0.1, 0.15) is 6.42 Å². The van der Waals surface area contributed by atoms with E-state index in [0.717, 1.165) is 37.3 Å². The molecule has 204 valence electrons. The Bertz CT molecular complexity index is 1630. The molecule has 39 heavy (non-hydrogen) atoms. The van der Waals surface area contributed by atoms with Gasteiger partial charge in [-0.2, -0.15) is 4.98 Å². The van der Waals surface area contributed by atoms with Crippen molar-refractivity contribution in [1.29, 1.82) is 0 Å². The Morgan fingerprint density at radius 3 is 2.56 bits per heavy atom. The van der Waals surface area contributed by atoms with Gasteiger partial charge in [0.2, 0.25) is 16.0 Å². The molecule has 2 aromatic carbocycles. The van der Waals surface area contributed by atoms with Gasteiger partial charge in [-0.1, -0.05) is 6.07 Å². The predicted molar refractivity (Wildman–Crippen MR) is 151 cm³/mol. The number of ether oxygens (including phenoxy) is 1. The van der Waals surface area contributed by atoms with E-state index in [1.54, 1.807) is 25.4 Å². The Hall–Kier alpha value is -3.90. The topological polar surface area (TPSA) is 95.8 Å². The van der Waals surface area contributed by atoms with Crippen molar-refractivity contribution >= 4 is 44.1 Å². The van der Waals surface area contributed by atoms with Gasteiger partial charge in [0.15, 0.2) is 0 Å². The minimum absolute atomic E-state index is 0.159. The van der Waals surface area contributed by atoms with Gasteiger partial charge in [0.1, 0.15) is 17.2 Å². The summed E-state index contributed by atoms with van der Waals surface area (Å²) in [5.41, 5.74) is 2.96. The largest absolute Gasteiger partial charge is 0.494 e. The number of hydrogen-bond donors (Lipinski definition) is 1. The number of aromatic nitrogens is 3. The molecule has 2 aliphatic heterocycles. The van der Waals surface area contributed by atoms with Gasteiger partial charge in [0, 0.05) is 68.3 Å². The lowest BCUT2D eigenvalue weighted by atomic mass is 10.2. The number of piperazine rings is 1. The van der Waals surface area contributed by atoms with Gasteiger partial charge >= 0.3 is 0 Å². The Kier molecular flexibility index (Phi) is 6.51. The van der Waals surface area contributed by atoms with E-state index >= 15 is 4.39 Å². The average molecular weight is 552 g/mol. The molecule has 0 amide bonds. The number of likely N-dealkylation sites (N-methyl/N-ethyl adjacent to an activating group) is 1. The van der Waals surface area contributed by atoms with Crippen LogP contribution in [0.3, 0.4) is 0 Å². The molecule has 0 saturated carbocycles. The van der Waals surface area contributed by atoms with Gasteiger partial charge < -0.3 is 24.4 Å². The second kappa shape index (κ2) is 10.0. The highest BCUT2D eigenvalue weighted by atomic mass is 32.2. The molecule has 2 aromatic heterocycles. The van der Waals surface area contributed by atoms with Crippen LogP contribution in [-0.2, 0) is 10.0 Å². The molecule has 2 fully saturated rings. The van der Waals surface area contributed by atoms with Gasteiger partial charge in [-0.3, -0.25) is 4.31 Å². The minimum atomic E-state index is -3.29. The van der Waals surface area contributed by atoms with E-state index in [0.29, 0.717) is 41.4 Å². The lowest BCUT2D eigenvalue weighted by Gasteiger charge is -2.34. The smallest absolute Gasteiger partial charge is 0.235 e. The summed E-state index contributed by atoms with van der Waals surface area (Å²) in [7, 11) is 0.318. The summed E-state index contributed by atoms with van der Waals surface area (Å²) < 4.78 is 49.0. The lowest BCUT2D eigenvalue weighted by molar-refractivity contribution is 0.311. The minimum Gasteiger partial charge on any atom is -0.494 e. The third-order valence-corrected chi connectivity index (χ3v) is 9.15. The monoisotopic (exact) mass is 551 g/mol. The number of sulfonamides is 1. The average Bonchev–Trinajstić information content (AvgIpc) is 3.51. The zero-order chi connectivity index (χ0) is 27.1. The van der Waals surface area contributed by atoms with Crippen molar-refractivity contribution in [3.8, 4) is 11.4 Å². The van der Waals surface area contributed by atoms with E-state index in [-0.39, 0.29) is 17.5 Å². The van der Waals surface area contributed by atoms with Crippen LogP contribution in [0.2, 0.25) is 0 Å². The summed E-state index contributed by atoms with van der Waals surface area (Å²) in [6.45, 7) is 3.69. The quantitative estimate of drug-likeness (QED) is 0.389. The molecule has 0 unspecified atom stereocenters. The number of halogens is 1. The van der Waals surface area contributed by atoms with Crippen LogP contribution in [0.5, 0.6) is 5.75 Å². The van der Waals surface area contributed by atoms with Crippen LogP contribution < -0.4 is 19.3 Å². The maximum Gasteiger partial charge on any atom is 0.235 e. The van der Waals surface area contributed by atoms with E-state index in [4.69, 9.17) is 9.72 Å². The highest BCUT2D eigenvalue weighted by molar-refractivity contribution is 7.93. The molecule has 0 radical (unpaired) electrons. The van der Waals surface area contributed by atoms with E-state index in [9.17, 15) is 8.42 Å². The van der Waals surface area contributed by atoms with Crippen LogP contribution in [0, 0.1) is 5.82 Å². The second-order valence-corrected chi connectivity index (χ2v) is 11.9. The van der Waals surface area contributed by atoms with Crippen molar-refractivity contribution in [2.45, 2.75) is 6.42 Å². The van der Waals surface area contributed by atoms with E-state index < -0.39 is 10.0 Å². The summed E-state index contributed by atoms with van der Waals surface area (Å²) in [4.78, 5) is 13.4.